The second-order valence-electron chi connectivity index (χ2n) is 4.51. The maximum atomic E-state index is 11.3. The summed E-state index contributed by atoms with van der Waals surface area (Å²) in [7, 11) is 1.76. The number of amides is 1. The molecule has 6 heteroatoms. The minimum Gasteiger partial charge on any atom is -0.365 e. The first-order chi connectivity index (χ1) is 7.28. The van der Waals surface area contributed by atoms with Gasteiger partial charge in [-0.15, -0.1) is 0 Å². The monoisotopic (exact) mass is 225 g/mol. The predicted molar refractivity (Wildman–Crippen MR) is 63.2 cm³/mol. The molecule has 5 N–H and O–H groups in total. The zero-order chi connectivity index (χ0) is 12.5. The highest BCUT2D eigenvalue weighted by molar-refractivity contribution is 5.99. The van der Waals surface area contributed by atoms with Crippen molar-refractivity contribution in [1.82, 2.24) is 9.78 Å². The summed E-state index contributed by atoms with van der Waals surface area (Å²) in [6, 6.07) is 0. The van der Waals surface area contributed by atoms with Crippen LogP contribution in [-0.2, 0) is 7.05 Å². The van der Waals surface area contributed by atoms with Gasteiger partial charge in [-0.3, -0.25) is 9.48 Å². The molecule has 90 valence electrons. The van der Waals surface area contributed by atoms with Crippen molar-refractivity contribution in [3.63, 3.8) is 0 Å². The van der Waals surface area contributed by atoms with Crippen molar-refractivity contribution in [3.05, 3.63) is 11.3 Å². The fourth-order valence-corrected chi connectivity index (χ4v) is 1.47. The number of nitrogens with two attached hydrogens (primary N) is 2. The van der Waals surface area contributed by atoms with Crippen molar-refractivity contribution >= 4 is 11.7 Å². The number of aromatic nitrogens is 2. The van der Waals surface area contributed by atoms with Gasteiger partial charge < -0.3 is 16.8 Å². The van der Waals surface area contributed by atoms with Crippen molar-refractivity contribution in [2.75, 3.05) is 11.9 Å². The first-order valence-electron chi connectivity index (χ1n) is 5.10. The Morgan fingerprint density at radius 1 is 1.56 bits per heavy atom. The molecule has 0 aliphatic carbocycles. The van der Waals surface area contributed by atoms with E-state index >= 15 is 0 Å². The predicted octanol–water partition coefficient (Wildman–Crippen LogP) is -0.0234. The van der Waals surface area contributed by atoms with E-state index in [4.69, 9.17) is 11.5 Å². The maximum Gasteiger partial charge on any atom is 0.254 e. The van der Waals surface area contributed by atoms with Crippen LogP contribution in [0.4, 0.5) is 5.82 Å². The molecule has 0 bridgehead atoms. The summed E-state index contributed by atoms with van der Waals surface area (Å²) >= 11 is 0. The van der Waals surface area contributed by atoms with Gasteiger partial charge in [0.15, 0.2) is 0 Å². The molecule has 0 aromatic carbocycles. The number of hydrogen-bond acceptors (Lipinski definition) is 4. The summed E-state index contributed by atoms with van der Waals surface area (Å²) in [6.07, 6.45) is 0. The summed E-state index contributed by atoms with van der Waals surface area (Å²) in [5, 5.41) is 7.34. The van der Waals surface area contributed by atoms with Gasteiger partial charge in [0, 0.05) is 19.1 Å². The topological polar surface area (TPSA) is 99.0 Å². The quantitative estimate of drug-likeness (QED) is 0.670. The lowest BCUT2D eigenvalue weighted by molar-refractivity contribution is 0.100. The molecule has 1 heterocycles. The van der Waals surface area contributed by atoms with Crippen LogP contribution in [0.2, 0.25) is 0 Å². The van der Waals surface area contributed by atoms with Crippen LogP contribution in [0.1, 0.15) is 29.9 Å². The zero-order valence-electron chi connectivity index (χ0n) is 10.2. The van der Waals surface area contributed by atoms with E-state index in [1.807, 2.05) is 13.8 Å². The van der Waals surface area contributed by atoms with Crippen molar-refractivity contribution in [2.24, 2.45) is 18.5 Å². The molecule has 0 radical (unpaired) electrons. The van der Waals surface area contributed by atoms with Crippen molar-refractivity contribution in [1.29, 1.82) is 0 Å². The maximum absolute atomic E-state index is 11.3. The number of nitrogens with zero attached hydrogens (tertiary/aromatic N) is 2. The van der Waals surface area contributed by atoms with Crippen LogP contribution >= 0.6 is 0 Å². The van der Waals surface area contributed by atoms with E-state index < -0.39 is 5.91 Å². The van der Waals surface area contributed by atoms with E-state index in [2.05, 4.69) is 10.4 Å². The number of hydrogen-bond donors (Lipinski definition) is 3. The number of carbonyl (C=O) groups excluding carboxylic acids is 1. The molecule has 1 rings (SSSR count). The van der Waals surface area contributed by atoms with Gasteiger partial charge in [-0.1, -0.05) is 0 Å². The molecule has 0 saturated carbocycles. The number of carbonyl (C=O) groups is 1. The third-order valence-corrected chi connectivity index (χ3v) is 2.44. The molecule has 0 unspecified atom stereocenters. The normalized spacial score (nSPS) is 11.6. The van der Waals surface area contributed by atoms with E-state index in [1.54, 1.807) is 18.7 Å². The number of rotatable bonds is 4. The van der Waals surface area contributed by atoms with Gasteiger partial charge in [0.05, 0.1) is 5.69 Å². The van der Waals surface area contributed by atoms with Crippen molar-refractivity contribution in [2.45, 2.75) is 26.3 Å². The van der Waals surface area contributed by atoms with Gasteiger partial charge in [-0.05, 0) is 20.8 Å². The van der Waals surface area contributed by atoms with E-state index in [0.717, 1.165) is 0 Å². The lowest BCUT2D eigenvalue weighted by Gasteiger charge is -2.25. The summed E-state index contributed by atoms with van der Waals surface area (Å²) in [5.41, 5.74) is 11.7. The van der Waals surface area contributed by atoms with Crippen molar-refractivity contribution < 1.29 is 4.79 Å². The largest absolute Gasteiger partial charge is 0.365 e. The molecule has 1 aromatic heterocycles. The smallest absolute Gasteiger partial charge is 0.254 e. The Balaban J connectivity index is 3.18. The highest BCUT2D eigenvalue weighted by Crippen LogP contribution is 2.21. The third-order valence-electron chi connectivity index (χ3n) is 2.44. The van der Waals surface area contributed by atoms with Crippen LogP contribution in [0.5, 0.6) is 0 Å². The molecule has 1 aromatic rings. The number of aryl methyl sites for hydroxylation is 2. The molecular formula is C10H19N5O. The highest BCUT2D eigenvalue weighted by atomic mass is 16.1. The fraction of sp³-hybridized carbons (Fsp3) is 0.600. The molecule has 0 saturated heterocycles. The third kappa shape index (κ3) is 2.33. The Kier molecular flexibility index (Phi) is 3.23. The minimum absolute atomic E-state index is 0.315. The second kappa shape index (κ2) is 4.13. The van der Waals surface area contributed by atoms with E-state index in [-0.39, 0.29) is 5.54 Å². The van der Waals surface area contributed by atoms with Crippen LogP contribution < -0.4 is 16.8 Å². The average molecular weight is 225 g/mol. The molecule has 0 atom stereocenters. The summed E-state index contributed by atoms with van der Waals surface area (Å²) in [4.78, 5) is 11.3. The van der Waals surface area contributed by atoms with Gasteiger partial charge >= 0.3 is 0 Å². The average Bonchev–Trinajstić information content (AvgIpc) is 2.41. The number of anilines is 1. The SMILES string of the molecule is Cc1nn(C)c(NC(C)(C)CN)c1C(N)=O. The molecule has 6 nitrogen and oxygen atoms in total. The standard InChI is InChI=1S/C10H19N5O/c1-6-7(8(12)16)9(15(4)14-6)13-10(2,3)5-11/h13H,5,11H2,1-4H3,(H2,12,16). The Morgan fingerprint density at radius 3 is 2.56 bits per heavy atom. The van der Waals surface area contributed by atoms with Gasteiger partial charge in [-0.2, -0.15) is 5.10 Å². The second-order valence-corrected chi connectivity index (χ2v) is 4.51. The first-order valence-corrected chi connectivity index (χ1v) is 5.10. The van der Waals surface area contributed by atoms with Crippen LogP contribution in [0, 0.1) is 6.92 Å². The zero-order valence-corrected chi connectivity index (χ0v) is 10.2. The summed E-state index contributed by atoms with van der Waals surface area (Å²) in [6.45, 7) is 6.08. The molecular weight excluding hydrogens is 206 g/mol. The van der Waals surface area contributed by atoms with Gasteiger partial charge in [0.25, 0.3) is 5.91 Å². The van der Waals surface area contributed by atoms with E-state index in [1.165, 1.54) is 0 Å². The van der Waals surface area contributed by atoms with Crippen LogP contribution in [-0.4, -0.2) is 27.8 Å². The lowest BCUT2D eigenvalue weighted by Crippen LogP contribution is -2.40. The molecule has 0 spiro atoms. The van der Waals surface area contributed by atoms with Crippen LogP contribution in [0.3, 0.4) is 0 Å². The lowest BCUT2D eigenvalue weighted by atomic mass is 10.1. The molecule has 1 amide bonds. The van der Waals surface area contributed by atoms with Crippen LogP contribution in [0.25, 0.3) is 0 Å². The van der Waals surface area contributed by atoms with Gasteiger partial charge in [0.2, 0.25) is 0 Å². The van der Waals surface area contributed by atoms with Crippen molar-refractivity contribution in [3.8, 4) is 0 Å². The Labute approximate surface area is 95.0 Å². The molecule has 0 aliphatic rings. The molecule has 16 heavy (non-hydrogen) atoms. The first kappa shape index (κ1) is 12.5. The molecule has 0 aliphatic heterocycles. The van der Waals surface area contributed by atoms with Crippen LogP contribution in [0.15, 0.2) is 0 Å². The summed E-state index contributed by atoms with van der Waals surface area (Å²) < 4.78 is 1.60. The Hall–Kier alpha value is -1.56. The van der Waals surface area contributed by atoms with Gasteiger partial charge in [-0.25, -0.2) is 0 Å². The fourth-order valence-electron chi connectivity index (χ4n) is 1.47. The Bertz CT molecular complexity index is 408. The number of primary amides is 1. The van der Waals surface area contributed by atoms with E-state index in [0.29, 0.717) is 23.6 Å². The van der Waals surface area contributed by atoms with Gasteiger partial charge in [0.1, 0.15) is 11.4 Å². The Morgan fingerprint density at radius 2 is 2.12 bits per heavy atom. The summed E-state index contributed by atoms with van der Waals surface area (Å²) in [5.74, 6) is 0.126. The number of nitrogens with one attached hydrogen (secondary N) is 1. The highest BCUT2D eigenvalue weighted by Gasteiger charge is 2.23. The molecule has 0 fully saturated rings. The van der Waals surface area contributed by atoms with E-state index in [9.17, 15) is 4.79 Å². The minimum atomic E-state index is -0.485.